The minimum Gasteiger partial charge on any atom is -0.369 e. The first-order valence-electron chi connectivity index (χ1n) is 6.24. The van der Waals surface area contributed by atoms with Gasteiger partial charge in [-0.2, -0.15) is 0 Å². The zero-order valence-corrected chi connectivity index (χ0v) is 10.8. The van der Waals surface area contributed by atoms with Gasteiger partial charge in [0.05, 0.1) is 6.54 Å². The molecule has 1 aliphatic carbocycles. The van der Waals surface area contributed by atoms with Crippen LogP contribution in [0.1, 0.15) is 24.1 Å². The van der Waals surface area contributed by atoms with E-state index in [9.17, 15) is 8.78 Å². The first-order chi connectivity index (χ1) is 8.56. The zero-order chi connectivity index (χ0) is 13.1. The molecule has 0 spiro atoms. The van der Waals surface area contributed by atoms with Crippen LogP contribution in [0.25, 0.3) is 0 Å². The molecule has 1 heterocycles. The molecule has 18 heavy (non-hydrogen) atoms. The Morgan fingerprint density at radius 2 is 2.22 bits per heavy atom. The molecule has 0 aromatic carbocycles. The summed E-state index contributed by atoms with van der Waals surface area (Å²) in [6, 6.07) is 2.46. The van der Waals surface area contributed by atoms with Gasteiger partial charge >= 0.3 is 0 Å². The van der Waals surface area contributed by atoms with Crippen LogP contribution in [0.2, 0.25) is 0 Å². The van der Waals surface area contributed by atoms with Gasteiger partial charge in [0.1, 0.15) is 0 Å². The summed E-state index contributed by atoms with van der Waals surface area (Å²) >= 11 is 0. The van der Waals surface area contributed by atoms with Gasteiger partial charge in [0.2, 0.25) is 0 Å². The fourth-order valence-corrected chi connectivity index (χ4v) is 1.91. The lowest BCUT2D eigenvalue weighted by Gasteiger charge is -2.22. The second kappa shape index (κ2) is 5.61. The molecule has 0 unspecified atom stereocenters. The standard InChI is InChI=1S/C13H19F2N3/c1-9-5-12(18(2)8-13(14)15)10(6-16-9)7-17-11-3-4-11/h5-6,11,13,17H,3-4,7-8H2,1-2H3. The van der Waals surface area contributed by atoms with E-state index in [1.54, 1.807) is 18.1 Å². The Balaban J connectivity index is 2.10. The smallest absolute Gasteiger partial charge is 0.255 e. The summed E-state index contributed by atoms with van der Waals surface area (Å²) in [7, 11) is 1.70. The van der Waals surface area contributed by atoms with Crippen molar-refractivity contribution in [3.63, 3.8) is 0 Å². The molecule has 1 saturated carbocycles. The highest BCUT2D eigenvalue weighted by molar-refractivity contribution is 5.53. The van der Waals surface area contributed by atoms with Crippen LogP contribution in [0.4, 0.5) is 14.5 Å². The van der Waals surface area contributed by atoms with Gasteiger partial charge in [0.25, 0.3) is 6.43 Å². The number of nitrogens with one attached hydrogen (secondary N) is 1. The molecule has 1 aromatic heterocycles. The maximum absolute atomic E-state index is 12.5. The fourth-order valence-electron chi connectivity index (χ4n) is 1.91. The quantitative estimate of drug-likeness (QED) is 0.845. The molecule has 100 valence electrons. The number of halogens is 2. The van der Waals surface area contributed by atoms with E-state index in [1.807, 2.05) is 13.0 Å². The molecule has 0 saturated heterocycles. The molecule has 1 aromatic rings. The van der Waals surface area contributed by atoms with Gasteiger partial charge in [0.15, 0.2) is 0 Å². The number of nitrogens with zero attached hydrogens (tertiary/aromatic N) is 2. The van der Waals surface area contributed by atoms with Crippen LogP contribution in [0.5, 0.6) is 0 Å². The van der Waals surface area contributed by atoms with Crippen LogP contribution in [-0.2, 0) is 6.54 Å². The Morgan fingerprint density at radius 1 is 1.50 bits per heavy atom. The Hall–Kier alpha value is -1.23. The maximum Gasteiger partial charge on any atom is 0.255 e. The average Bonchev–Trinajstić information content (AvgIpc) is 3.10. The van der Waals surface area contributed by atoms with Crippen LogP contribution in [0, 0.1) is 6.92 Å². The lowest BCUT2D eigenvalue weighted by atomic mass is 10.2. The van der Waals surface area contributed by atoms with E-state index in [0.717, 1.165) is 16.9 Å². The van der Waals surface area contributed by atoms with E-state index in [0.29, 0.717) is 12.6 Å². The van der Waals surface area contributed by atoms with Crippen molar-refractivity contribution in [3.05, 3.63) is 23.5 Å². The van der Waals surface area contributed by atoms with Crippen LogP contribution < -0.4 is 10.2 Å². The van der Waals surface area contributed by atoms with Crippen molar-refractivity contribution >= 4 is 5.69 Å². The first-order valence-corrected chi connectivity index (χ1v) is 6.24. The Kier molecular flexibility index (Phi) is 4.11. The van der Waals surface area contributed by atoms with Crippen LogP contribution in [0.3, 0.4) is 0 Å². The van der Waals surface area contributed by atoms with Crippen molar-refractivity contribution < 1.29 is 8.78 Å². The molecular formula is C13H19F2N3. The lowest BCUT2D eigenvalue weighted by Crippen LogP contribution is -2.26. The number of hydrogen-bond acceptors (Lipinski definition) is 3. The lowest BCUT2D eigenvalue weighted by molar-refractivity contribution is 0.156. The Morgan fingerprint density at radius 3 is 2.83 bits per heavy atom. The van der Waals surface area contributed by atoms with E-state index in [4.69, 9.17) is 0 Å². The second-order valence-electron chi connectivity index (χ2n) is 4.88. The van der Waals surface area contributed by atoms with Gasteiger partial charge in [-0.15, -0.1) is 0 Å². The van der Waals surface area contributed by atoms with E-state index < -0.39 is 6.43 Å². The van der Waals surface area contributed by atoms with Crippen molar-refractivity contribution in [1.82, 2.24) is 10.3 Å². The van der Waals surface area contributed by atoms with Gasteiger partial charge in [-0.1, -0.05) is 0 Å². The molecule has 2 rings (SSSR count). The maximum atomic E-state index is 12.5. The Labute approximate surface area is 106 Å². The number of aromatic nitrogens is 1. The molecule has 0 aliphatic heterocycles. The summed E-state index contributed by atoms with van der Waals surface area (Å²) in [6.45, 7) is 2.32. The van der Waals surface area contributed by atoms with Gasteiger partial charge < -0.3 is 10.2 Å². The van der Waals surface area contributed by atoms with Crippen LogP contribution >= 0.6 is 0 Å². The highest BCUT2D eigenvalue weighted by Gasteiger charge is 2.21. The van der Waals surface area contributed by atoms with Crippen LogP contribution in [-0.4, -0.2) is 31.0 Å². The monoisotopic (exact) mass is 255 g/mol. The predicted octanol–water partition coefficient (Wildman–Crippen LogP) is 2.34. The summed E-state index contributed by atoms with van der Waals surface area (Å²) in [6.07, 6.45) is 1.87. The number of alkyl halides is 2. The third kappa shape index (κ3) is 3.63. The third-order valence-electron chi connectivity index (χ3n) is 3.08. The molecular weight excluding hydrogens is 236 g/mol. The van der Waals surface area contributed by atoms with Crippen molar-refractivity contribution in [1.29, 1.82) is 0 Å². The number of pyridine rings is 1. The normalized spacial score (nSPS) is 15.2. The molecule has 0 bridgehead atoms. The summed E-state index contributed by atoms with van der Waals surface area (Å²) in [5.41, 5.74) is 2.67. The zero-order valence-electron chi connectivity index (χ0n) is 10.8. The third-order valence-corrected chi connectivity index (χ3v) is 3.08. The van der Waals surface area contributed by atoms with Crippen molar-refractivity contribution in [3.8, 4) is 0 Å². The van der Waals surface area contributed by atoms with Gasteiger partial charge in [-0.05, 0) is 25.8 Å². The van der Waals surface area contributed by atoms with Gasteiger partial charge in [0, 0.05) is 42.8 Å². The topological polar surface area (TPSA) is 28.2 Å². The van der Waals surface area contributed by atoms with Gasteiger partial charge in [-0.25, -0.2) is 8.78 Å². The average molecular weight is 255 g/mol. The van der Waals surface area contributed by atoms with Crippen molar-refractivity contribution in [2.24, 2.45) is 0 Å². The predicted molar refractivity (Wildman–Crippen MR) is 68.1 cm³/mol. The summed E-state index contributed by atoms with van der Waals surface area (Å²) in [5, 5.41) is 3.39. The van der Waals surface area contributed by atoms with Gasteiger partial charge in [-0.3, -0.25) is 4.98 Å². The highest BCUT2D eigenvalue weighted by Crippen LogP contribution is 2.23. The molecule has 3 nitrogen and oxygen atoms in total. The molecule has 1 aliphatic rings. The van der Waals surface area contributed by atoms with E-state index in [1.165, 1.54) is 12.8 Å². The van der Waals surface area contributed by atoms with E-state index >= 15 is 0 Å². The summed E-state index contributed by atoms with van der Waals surface area (Å²) < 4.78 is 24.9. The molecule has 0 radical (unpaired) electrons. The largest absolute Gasteiger partial charge is 0.369 e. The van der Waals surface area contributed by atoms with Crippen molar-refractivity contribution in [2.45, 2.75) is 38.8 Å². The molecule has 5 heteroatoms. The molecule has 0 amide bonds. The number of hydrogen-bond donors (Lipinski definition) is 1. The minimum absolute atomic E-state index is 0.250. The fraction of sp³-hybridized carbons (Fsp3) is 0.615. The number of anilines is 1. The number of aryl methyl sites for hydroxylation is 1. The summed E-state index contributed by atoms with van der Waals surface area (Å²) in [5.74, 6) is 0. The summed E-state index contributed by atoms with van der Waals surface area (Å²) in [4.78, 5) is 5.85. The van der Waals surface area contributed by atoms with Crippen molar-refractivity contribution in [2.75, 3.05) is 18.5 Å². The van der Waals surface area contributed by atoms with E-state index in [2.05, 4.69) is 10.3 Å². The first kappa shape index (κ1) is 13.2. The van der Waals surface area contributed by atoms with Crippen LogP contribution in [0.15, 0.2) is 12.3 Å². The highest BCUT2D eigenvalue weighted by atomic mass is 19.3. The molecule has 1 N–H and O–H groups in total. The minimum atomic E-state index is -2.33. The SMILES string of the molecule is Cc1cc(N(C)CC(F)F)c(CNC2CC2)cn1. The molecule has 1 fully saturated rings. The second-order valence-corrected chi connectivity index (χ2v) is 4.88. The van der Waals surface area contributed by atoms with E-state index in [-0.39, 0.29) is 6.54 Å². The Bertz CT molecular complexity index is 405. The number of rotatable bonds is 6. The molecule has 0 atom stereocenters.